The lowest BCUT2D eigenvalue weighted by Gasteiger charge is -2.36. The molecule has 0 N–H and O–H groups in total. The summed E-state index contributed by atoms with van der Waals surface area (Å²) >= 11 is 1.66. The van der Waals surface area contributed by atoms with Gasteiger partial charge in [-0.3, -0.25) is 0 Å². The Morgan fingerprint density at radius 3 is 2.48 bits per heavy atom. The van der Waals surface area contributed by atoms with Crippen LogP contribution in [0.4, 0.5) is 11.6 Å². The molecule has 1 saturated heterocycles. The minimum absolute atomic E-state index is 0.0383. The van der Waals surface area contributed by atoms with Crippen molar-refractivity contribution in [3.05, 3.63) is 35.9 Å². The van der Waals surface area contributed by atoms with E-state index in [0.29, 0.717) is 0 Å². The minimum atomic E-state index is -0.0383. The van der Waals surface area contributed by atoms with Gasteiger partial charge in [0.15, 0.2) is 0 Å². The summed E-state index contributed by atoms with van der Waals surface area (Å²) in [6, 6.07) is 4.12. The van der Waals surface area contributed by atoms with E-state index in [-0.39, 0.29) is 5.41 Å². The Bertz CT molecular complexity index is 876. The summed E-state index contributed by atoms with van der Waals surface area (Å²) in [6.45, 7) is 10.1. The van der Waals surface area contributed by atoms with E-state index in [1.807, 2.05) is 12.3 Å². The van der Waals surface area contributed by atoms with E-state index >= 15 is 0 Å². The molecule has 0 saturated carbocycles. The van der Waals surface area contributed by atoms with Crippen LogP contribution in [-0.2, 0) is 5.41 Å². The number of nitrogens with zero attached hydrogens (tertiary/aromatic N) is 6. The van der Waals surface area contributed by atoms with Gasteiger partial charge in [0.25, 0.3) is 0 Å². The molecule has 0 spiro atoms. The van der Waals surface area contributed by atoms with Crippen molar-refractivity contribution in [3.63, 3.8) is 0 Å². The lowest BCUT2D eigenvalue weighted by Crippen LogP contribution is -2.47. The van der Waals surface area contributed by atoms with Crippen LogP contribution < -0.4 is 9.80 Å². The normalized spacial score (nSPS) is 15.8. The van der Waals surface area contributed by atoms with Crippen molar-refractivity contribution >= 4 is 33.2 Å². The molecule has 0 aliphatic carbocycles. The number of thiophene rings is 1. The molecule has 130 valence electrons. The molecule has 3 aromatic rings. The molecular formula is C18H22N6S. The molecule has 0 aromatic carbocycles. The van der Waals surface area contributed by atoms with E-state index < -0.39 is 0 Å². The first-order valence-corrected chi connectivity index (χ1v) is 9.42. The molecule has 25 heavy (non-hydrogen) atoms. The Morgan fingerprint density at radius 1 is 0.960 bits per heavy atom. The Labute approximate surface area is 151 Å². The van der Waals surface area contributed by atoms with Crippen LogP contribution in [0.5, 0.6) is 0 Å². The number of rotatable bonds is 2. The highest BCUT2D eigenvalue weighted by atomic mass is 32.1. The number of hydrogen-bond acceptors (Lipinski definition) is 7. The van der Waals surface area contributed by atoms with Gasteiger partial charge in [0.2, 0.25) is 0 Å². The van der Waals surface area contributed by atoms with Gasteiger partial charge in [0, 0.05) is 37.8 Å². The van der Waals surface area contributed by atoms with Crippen molar-refractivity contribution in [1.82, 2.24) is 19.9 Å². The van der Waals surface area contributed by atoms with E-state index in [1.165, 1.54) is 0 Å². The SMILES string of the molecule is CC(C)(C)c1nccc(N2CCN(c3ncnc4sccc34)CC2)n1. The standard InChI is InChI=1S/C18H22N6S/c1-18(2,3)17-19-6-4-14(22-17)23-7-9-24(10-8-23)15-13-5-11-25-16(13)21-12-20-15/h4-6,11-12H,7-10H2,1-3H3. The first-order chi connectivity index (χ1) is 12.0. The molecule has 4 rings (SSSR count). The van der Waals surface area contributed by atoms with Crippen LogP contribution in [0.15, 0.2) is 30.0 Å². The molecule has 0 amide bonds. The van der Waals surface area contributed by atoms with E-state index in [4.69, 9.17) is 4.98 Å². The van der Waals surface area contributed by atoms with Gasteiger partial charge in [-0.25, -0.2) is 19.9 Å². The summed E-state index contributed by atoms with van der Waals surface area (Å²) in [7, 11) is 0. The van der Waals surface area contributed by atoms with Gasteiger partial charge in [-0.05, 0) is 17.5 Å². The Hall–Kier alpha value is -2.28. The summed E-state index contributed by atoms with van der Waals surface area (Å²) in [6.07, 6.45) is 3.54. The maximum absolute atomic E-state index is 4.78. The molecule has 6 nitrogen and oxygen atoms in total. The highest BCUT2D eigenvalue weighted by Gasteiger charge is 2.23. The van der Waals surface area contributed by atoms with Crippen molar-refractivity contribution in [1.29, 1.82) is 0 Å². The fourth-order valence-corrected chi connectivity index (χ4v) is 3.79. The fraction of sp³-hybridized carbons (Fsp3) is 0.444. The largest absolute Gasteiger partial charge is 0.353 e. The summed E-state index contributed by atoms with van der Waals surface area (Å²) in [5.41, 5.74) is -0.0383. The first-order valence-electron chi connectivity index (χ1n) is 8.54. The van der Waals surface area contributed by atoms with Gasteiger partial charge >= 0.3 is 0 Å². The third-order valence-electron chi connectivity index (χ3n) is 4.46. The topological polar surface area (TPSA) is 58.0 Å². The molecule has 0 atom stereocenters. The van der Waals surface area contributed by atoms with Crippen LogP contribution in [0, 0.1) is 0 Å². The summed E-state index contributed by atoms with van der Waals surface area (Å²) < 4.78 is 0. The smallest absolute Gasteiger partial charge is 0.140 e. The van der Waals surface area contributed by atoms with Crippen molar-refractivity contribution in [2.45, 2.75) is 26.2 Å². The monoisotopic (exact) mass is 354 g/mol. The quantitative estimate of drug-likeness (QED) is 0.705. The zero-order valence-electron chi connectivity index (χ0n) is 14.8. The van der Waals surface area contributed by atoms with Gasteiger partial charge in [-0.1, -0.05) is 20.8 Å². The zero-order valence-corrected chi connectivity index (χ0v) is 15.6. The third kappa shape index (κ3) is 3.16. The van der Waals surface area contributed by atoms with Crippen molar-refractivity contribution in [2.24, 2.45) is 0 Å². The second-order valence-electron chi connectivity index (χ2n) is 7.30. The maximum atomic E-state index is 4.78. The van der Waals surface area contributed by atoms with Crippen LogP contribution in [0.3, 0.4) is 0 Å². The summed E-state index contributed by atoms with van der Waals surface area (Å²) in [4.78, 5) is 23.8. The molecule has 1 aliphatic rings. The Balaban J connectivity index is 1.51. The van der Waals surface area contributed by atoms with E-state index in [1.54, 1.807) is 17.7 Å². The van der Waals surface area contributed by atoms with Crippen LogP contribution in [-0.4, -0.2) is 46.1 Å². The number of fused-ring (bicyclic) bond motifs is 1. The first kappa shape index (κ1) is 16.2. The Kier molecular flexibility index (Phi) is 4.03. The van der Waals surface area contributed by atoms with Gasteiger partial charge in [0.05, 0.1) is 5.39 Å². The second-order valence-corrected chi connectivity index (χ2v) is 8.19. The maximum Gasteiger partial charge on any atom is 0.140 e. The fourth-order valence-electron chi connectivity index (χ4n) is 3.06. The van der Waals surface area contributed by atoms with E-state index in [9.17, 15) is 0 Å². The molecule has 4 heterocycles. The average molecular weight is 354 g/mol. The second kappa shape index (κ2) is 6.22. The summed E-state index contributed by atoms with van der Waals surface area (Å²) in [5, 5.41) is 3.23. The average Bonchev–Trinajstić information content (AvgIpc) is 3.10. The van der Waals surface area contributed by atoms with Gasteiger partial charge in [-0.15, -0.1) is 11.3 Å². The molecular weight excluding hydrogens is 332 g/mol. The van der Waals surface area contributed by atoms with E-state index in [0.717, 1.165) is 53.9 Å². The lowest BCUT2D eigenvalue weighted by molar-refractivity contribution is 0.541. The van der Waals surface area contributed by atoms with Gasteiger partial charge < -0.3 is 9.80 Å². The molecule has 1 fully saturated rings. The Morgan fingerprint density at radius 2 is 1.72 bits per heavy atom. The molecule has 1 aliphatic heterocycles. The molecule has 0 unspecified atom stereocenters. The van der Waals surface area contributed by atoms with Crippen LogP contribution >= 0.6 is 11.3 Å². The highest BCUT2D eigenvalue weighted by Crippen LogP contribution is 2.28. The van der Waals surface area contributed by atoms with Gasteiger partial charge in [0.1, 0.15) is 28.6 Å². The van der Waals surface area contributed by atoms with Crippen LogP contribution in [0.1, 0.15) is 26.6 Å². The molecule has 7 heteroatoms. The van der Waals surface area contributed by atoms with Crippen molar-refractivity contribution in [2.75, 3.05) is 36.0 Å². The highest BCUT2D eigenvalue weighted by molar-refractivity contribution is 7.16. The molecule has 3 aromatic heterocycles. The summed E-state index contributed by atoms with van der Waals surface area (Å²) in [5.74, 6) is 2.95. The number of anilines is 2. The zero-order chi connectivity index (χ0) is 17.4. The molecule has 0 radical (unpaired) electrons. The molecule has 0 bridgehead atoms. The van der Waals surface area contributed by atoms with Gasteiger partial charge in [-0.2, -0.15) is 0 Å². The predicted molar refractivity (Wildman–Crippen MR) is 103 cm³/mol. The van der Waals surface area contributed by atoms with E-state index in [2.05, 4.69) is 57.0 Å². The van der Waals surface area contributed by atoms with Crippen molar-refractivity contribution in [3.8, 4) is 0 Å². The van der Waals surface area contributed by atoms with Crippen LogP contribution in [0.25, 0.3) is 10.2 Å². The minimum Gasteiger partial charge on any atom is -0.353 e. The predicted octanol–water partition coefficient (Wildman–Crippen LogP) is 3.11. The third-order valence-corrected chi connectivity index (χ3v) is 5.28. The number of piperazine rings is 1. The number of hydrogen-bond donors (Lipinski definition) is 0. The van der Waals surface area contributed by atoms with Crippen LogP contribution in [0.2, 0.25) is 0 Å². The number of aromatic nitrogens is 4. The lowest BCUT2D eigenvalue weighted by atomic mass is 9.96. The van der Waals surface area contributed by atoms with Crippen molar-refractivity contribution < 1.29 is 0 Å².